The summed E-state index contributed by atoms with van der Waals surface area (Å²) in [6, 6.07) is 16.1. The Labute approximate surface area is 163 Å². The molecule has 1 saturated carbocycles. The molecule has 2 N–H and O–H groups in total. The van der Waals surface area contributed by atoms with E-state index in [0.29, 0.717) is 17.8 Å². The summed E-state index contributed by atoms with van der Waals surface area (Å²) in [4.78, 5) is 12.6. The van der Waals surface area contributed by atoms with Gasteiger partial charge in [0.15, 0.2) is 0 Å². The molecule has 2 aromatic carbocycles. The summed E-state index contributed by atoms with van der Waals surface area (Å²) in [6.45, 7) is 0.564. The Balaban J connectivity index is 1.44. The van der Waals surface area contributed by atoms with E-state index in [1.165, 1.54) is 18.3 Å². The molecule has 1 heterocycles. The minimum Gasteiger partial charge on any atom is -0.322 e. The summed E-state index contributed by atoms with van der Waals surface area (Å²) in [5.74, 6) is -0.344. The Hall–Kier alpha value is -2.97. The average molecular weight is 396 g/mol. The van der Waals surface area contributed by atoms with E-state index in [2.05, 4.69) is 15.1 Å². The van der Waals surface area contributed by atoms with Crippen molar-refractivity contribution in [3.05, 3.63) is 78.1 Å². The fraction of sp³-hybridized carbons (Fsp3) is 0.200. The molecule has 4 rings (SSSR count). The number of aromatic nitrogens is 2. The van der Waals surface area contributed by atoms with Crippen molar-refractivity contribution in [1.82, 2.24) is 14.5 Å². The highest BCUT2D eigenvalue weighted by Crippen LogP contribution is 2.23. The first kappa shape index (κ1) is 18.4. The van der Waals surface area contributed by atoms with Gasteiger partial charge in [0.05, 0.1) is 23.2 Å². The van der Waals surface area contributed by atoms with Gasteiger partial charge < -0.3 is 5.32 Å². The Morgan fingerprint density at radius 3 is 2.64 bits per heavy atom. The van der Waals surface area contributed by atoms with E-state index in [9.17, 15) is 13.2 Å². The van der Waals surface area contributed by atoms with Gasteiger partial charge in [-0.25, -0.2) is 13.1 Å². The van der Waals surface area contributed by atoms with Gasteiger partial charge in [-0.2, -0.15) is 5.10 Å². The van der Waals surface area contributed by atoms with E-state index in [4.69, 9.17) is 0 Å². The highest BCUT2D eigenvalue weighted by Gasteiger charge is 2.28. The minimum absolute atomic E-state index is 0.0266. The maximum atomic E-state index is 12.5. The smallest absolute Gasteiger partial charge is 0.258 e. The summed E-state index contributed by atoms with van der Waals surface area (Å²) in [7, 11) is -3.57. The van der Waals surface area contributed by atoms with E-state index >= 15 is 0 Å². The SMILES string of the molecule is O=C(Nc1cccc(S(=O)(=O)NC2CC2)c1)c1cnn(Cc2ccccc2)c1. The number of hydrogen-bond acceptors (Lipinski definition) is 4. The molecule has 0 bridgehead atoms. The van der Waals surface area contributed by atoms with Gasteiger partial charge >= 0.3 is 0 Å². The molecule has 7 nitrogen and oxygen atoms in total. The number of nitrogens with one attached hydrogen (secondary N) is 2. The van der Waals surface area contributed by atoms with Crippen LogP contribution in [0.25, 0.3) is 0 Å². The predicted octanol–water partition coefficient (Wildman–Crippen LogP) is 2.62. The van der Waals surface area contributed by atoms with Crippen molar-refractivity contribution in [2.75, 3.05) is 5.32 Å². The number of carbonyl (C=O) groups excluding carboxylic acids is 1. The molecule has 1 fully saturated rings. The van der Waals surface area contributed by atoms with Crippen molar-refractivity contribution < 1.29 is 13.2 Å². The third-order valence-electron chi connectivity index (χ3n) is 4.38. The third kappa shape index (κ3) is 4.47. The molecule has 8 heteroatoms. The maximum Gasteiger partial charge on any atom is 0.258 e. The Kier molecular flexibility index (Phi) is 4.97. The Morgan fingerprint density at radius 1 is 1.11 bits per heavy atom. The second-order valence-corrected chi connectivity index (χ2v) is 8.50. The zero-order chi connectivity index (χ0) is 19.6. The first-order valence-corrected chi connectivity index (χ1v) is 10.5. The summed E-state index contributed by atoms with van der Waals surface area (Å²) in [5.41, 5.74) is 1.90. The van der Waals surface area contributed by atoms with Crippen LogP contribution >= 0.6 is 0 Å². The molecule has 0 radical (unpaired) electrons. The number of rotatable bonds is 7. The molecule has 0 atom stereocenters. The molecule has 3 aromatic rings. The van der Waals surface area contributed by atoms with Crippen LogP contribution in [0, 0.1) is 0 Å². The van der Waals surface area contributed by atoms with Gasteiger partial charge in [-0.05, 0) is 36.6 Å². The van der Waals surface area contributed by atoms with Gasteiger partial charge in [-0.3, -0.25) is 9.48 Å². The van der Waals surface area contributed by atoms with Gasteiger partial charge in [0.2, 0.25) is 10.0 Å². The number of anilines is 1. The fourth-order valence-electron chi connectivity index (χ4n) is 2.77. The molecule has 0 unspecified atom stereocenters. The van der Waals surface area contributed by atoms with Gasteiger partial charge in [0.1, 0.15) is 0 Å². The van der Waals surface area contributed by atoms with E-state index in [1.54, 1.807) is 23.0 Å². The summed E-state index contributed by atoms with van der Waals surface area (Å²) < 4.78 is 29.0. The molecule has 1 aromatic heterocycles. The first-order chi connectivity index (χ1) is 13.5. The Morgan fingerprint density at radius 2 is 1.89 bits per heavy atom. The van der Waals surface area contributed by atoms with E-state index in [1.807, 2.05) is 30.3 Å². The van der Waals surface area contributed by atoms with Crippen LogP contribution in [0.1, 0.15) is 28.8 Å². The molecule has 144 valence electrons. The van der Waals surface area contributed by atoms with E-state index in [0.717, 1.165) is 18.4 Å². The summed E-state index contributed by atoms with van der Waals surface area (Å²) in [5, 5.41) is 6.95. The molecule has 1 amide bonds. The summed E-state index contributed by atoms with van der Waals surface area (Å²) >= 11 is 0. The number of sulfonamides is 1. The van der Waals surface area contributed by atoms with Gasteiger partial charge in [0, 0.05) is 17.9 Å². The second kappa shape index (κ2) is 7.57. The van der Waals surface area contributed by atoms with Crippen LogP contribution in [0.3, 0.4) is 0 Å². The van der Waals surface area contributed by atoms with Gasteiger partial charge in [-0.1, -0.05) is 36.4 Å². The van der Waals surface area contributed by atoms with E-state index in [-0.39, 0.29) is 16.8 Å². The largest absolute Gasteiger partial charge is 0.322 e. The number of amides is 1. The number of benzene rings is 2. The zero-order valence-corrected chi connectivity index (χ0v) is 15.9. The van der Waals surface area contributed by atoms with Crippen LogP contribution in [0.2, 0.25) is 0 Å². The fourth-order valence-corrected chi connectivity index (χ4v) is 4.12. The zero-order valence-electron chi connectivity index (χ0n) is 15.1. The van der Waals surface area contributed by atoms with Crippen molar-refractivity contribution in [2.45, 2.75) is 30.3 Å². The lowest BCUT2D eigenvalue weighted by Gasteiger charge is -2.08. The van der Waals surface area contributed by atoms with Gasteiger partial charge in [-0.15, -0.1) is 0 Å². The average Bonchev–Trinajstić information content (AvgIpc) is 3.36. The molecule has 0 saturated heterocycles. The topological polar surface area (TPSA) is 93.1 Å². The van der Waals surface area contributed by atoms with Crippen molar-refractivity contribution in [3.63, 3.8) is 0 Å². The van der Waals surface area contributed by atoms with Crippen molar-refractivity contribution in [1.29, 1.82) is 0 Å². The van der Waals surface area contributed by atoms with Gasteiger partial charge in [0.25, 0.3) is 5.91 Å². The predicted molar refractivity (Wildman–Crippen MR) is 106 cm³/mol. The monoisotopic (exact) mass is 396 g/mol. The van der Waals surface area contributed by atoms with Crippen LogP contribution < -0.4 is 10.0 Å². The second-order valence-electron chi connectivity index (χ2n) is 6.79. The quantitative estimate of drug-likeness (QED) is 0.642. The molecule has 1 aliphatic carbocycles. The van der Waals surface area contributed by atoms with E-state index < -0.39 is 10.0 Å². The molecule has 28 heavy (non-hydrogen) atoms. The molecule has 0 aliphatic heterocycles. The standard InChI is InChI=1S/C20H20N4O3S/c25-20(16-12-21-24(14-16)13-15-5-2-1-3-6-15)22-18-7-4-8-19(11-18)28(26,27)23-17-9-10-17/h1-8,11-12,14,17,23H,9-10,13H2,(H,22,25). The normalized spacial score (nSPS) is 14.0. The summed E-state index contributed by atoms with van der Waals surface area (Å²) in [6.07, 6.45) is 4.89. The molecular formula is C20H20N4O3S. The molecule has 0 spiro atoms. The van der Waals surface area contributed by atoms with Crippen molar-refractivity contribution >= 4 is 21.6 Å². The number of carbonyl (C=O) groups is 1. The highest BCUT2D eigenvalue weighted by atomic mass is 32.2. The lowest BCUT2D eigenvalue weighted by molar-refractivity contribution is 0.102. The first-order valence-electron chi connectivity index (χ1n) is 9.00. The van der Waals surface area contributed by atoms with Crippen LogP contribution in [0.15, 0.2) is 71.9 Å². The minimum atomic E-state index is -3.57. The molecular weight excluding hydrogens is 376 g/mol. The number of hydrogen-bond donors (Lipinski definition) is 2. The van der Waals surface area contributed by atoms with Crippen LogP contribution in [0.5, 0.6) is 0 Å². The lowest BCUT2D eigenvalue weighted by atomic mass is 10.2. The Bertz CT molecular complexity index is 1090. The highest BCUT2D eigenvalue weighted by molar-refractivity contribution is 7.89. The van der Waals surface area contributed by atoms with Crippen LogP contribution in [-0.2, 0) is 16.6 Å². The maximum absolute atomic E-state index is 12.5. The van der Waals surface area contributed by atoms with Crippen molar-refractivity contribution in [3.8, 4) is 0 Å². The molecule has 1 aliphatic rings. The van der Waals surface area contributed by atoms with Crippen molar-refractivity contribution in [2.24, 2.45) is 0 Å². The van der Waals surface area contributed by atoms with Crippen LogP contribution in [0.4, 0.5) is 5.69 Å². The van der Waals surface area contributed by atoms with Crippen LogP contribution in [-0.4, -0.2) is 30.1 Å². The number of nitrogens with zero attached hydrogens (tertiary/aromatic N) is 2. The lowest BCUT2D eigenvalue weighted by Crippen LogP contribution is -2.25. The third-order valence-corrected chi connectivity index (χ3v) is 5.90.